The Kier molecular flexibility index (Phi) is 7.09. The molecule has 1 aliphatic heterocycles. The predicted octanol–water partition coefficient (Wildman–Crippen LogP) is 2.26. The molecule has 1 rings (SSSR count). The molecule has 3 nitrogen and oxygen atoms in total. The minimum absolute atomic E-state index is 0.495. The minimum atomic E-state index is 0.495. The van der Waals surface area contributed by atoms with Gasteiger partial charge in [-0.25, -0.2) is 0 Å². The van der Waals surface area contributed by atoms with E-state index >= 15 is 0 Å². The van der Waals surface area contributed by atoms with Gasteiger partial charge in [0.2, 0.25) is 0 Å². The molecule has 1 heterocycles. The molecular formula is C14H30N2O. The number of nitrogens with one attached hydrogen (secondary N) is 1. The quantitative estimate of drug-likeness (QED) is 0.741. The van der Waals surface area contributed by atoms with Crippen molar-refractivity contribution in [3.63, 3.8) is 0 Å². The van der Waals surface area contributed by atoms with Gasteiger partial charge in [0.05, 0.1) is 6.10 Å². The molecule has 2 unspecified atom stereocenters. The molecule has 2 atom stereocenters. The van der Waals surface area contributed by atoms with Crippen LogP contribution in [0.25, 0.3) is 0 Å². The first kappa shape index (κ1) is 14.9. The fourth-order valence-electron chi connectivity index (χ4n) is 2.29. The van der Waals surface area contributed by atoms with E-state index < -0.39 is 0 Å². The molecule has 0 saturated carbocycles. The molecule has 102 valence electrons. The van der Waals surface area contributed by atoms with Crippen molar-refractivity contribution in [2.45, 2.75) is 64.6 Å². The molecule has 0 radical (unpaired) electrons. The zero-order valence-electron chi connectivity index (χ0n) is 12.0. The third-order valence-corrected chi connectivity index (χ3v) is 3.76. The highest BCUT2D eigenvalue weighted by Crippen LogP contribution is 2.17. The number of nitrogens with zero attached hydrogens (tertiary/aromatic N) is 1. The Balaban J connectivity index is 2.14. The van der Waals surface area contributed by atoms with Gasteiger partial charge in [-0.1, -0.05) is 13.3 Å². The van der Waals surface area contributed by atoms with Crippen LogP contribution in [0.4, 0.5) is 0 Å². The summed E-state index contributed by atoms with van der Waals surface area (Å²) in [6.07, 6.45) is 5.30. The summed E-state index contributed by atoms with van der Waals surface area (Å²) in [7, 11) is 2.19. The summed E-state index contributed by atoms with van der Waals surface area (Å²) in [5.41, 5.74) is 0. The average molecular weight is 242 g/mol. The lowest BCUT2D eigenvalue weighted by molar-refractivity contribution is -0.00339. The molecule has 1 fully saturated rings. The van der Waals surface area contributed by atoms with Crippen molar-refractivity contribution < 1.29 is 4.74 Å². The zero-order valence-corrected chi connectivity index (χ0v) is 12.0. The summed E-state index contributed by atoms with van der Waals surface area (Å²) >= 11 is 0. The van der Waals surface area contributed by atoms with Gasteiger partial charge in [0, 0.05) is 31.8 Å². The number of hydrogen-bond donors (Lipinski definition) is 1. The summed E-state index contributed by atoms with van der Waals surface area (Å²) in [5, 5.41) is 3.67. The van der Waals surface area contributed by atoms with Gasteiger partial charge in [-0.15, -0.1) is 0 Å². The van der Waals surface area contributed by atoms with Gasteiger partial charge in [-0.2, -0.15) is 0 Å². The molecule has 1 N–H and O–H groups in total. The molecule has 0 spiro atoms. The van der Waals surface area contributed by atoms with Crippen LogP contribution in [0.2, 0.25) is 0 Å². The Bertz CT molecular complexity index is 195. The number of likely N-dealkylation sites (N-methyl/N-ethyl adjacent to an activating group) is 1. The lowest BCUT2D eigenvalue weighted by atomic mass is 10.0. The van der Waals surface area contributed by atoms with E-state index in [9.17, 15) is 0 Å². The maximum Gasteiger partial charge on any atom is 0.0589 e. The third-order valence-electron chi connectivity index (χ3n) is 3.76. The van der Waals surface area contributed by atoms with Crippen molar-refractivity contribution in [2.75, 3.05) is 26.7 Å². The lowest BCUT2D eigenvalue weighted by Gasteiger charge is -2.31. The van der Waals surface area contributed by atoms with Gasteiger partial charge in [0.25, 0.3) is 0 Å². The molecule has 0 aliphatic carbocycles. The van der Waals surface area contributed by atoms with Crippen molar-refractivity contribution in [3.8, 4) is 0 Å². The SMILES string of the molecule is CCCC1CC(NCCN(C)C(C)C)CCO1. The fourth-order valence-corrected chi connectivity index (χ4v) is 2.29. The van der Waals surface area contributed by atoms with Gasteiger partial charge in [0.1, 0.15) is 0 Å². The zero-order chi connectivity index (χ0) is 12.7. The van der Waals surface area contributed by atoms with Gasteiger partial charge < -0.3 is 15.0 Å². The summed E-state index contributed by atoms with van der Waals surface area (Å²) < 4.78 is 5.76. The van der Waals surface area contributed by atoms with E-state index in [1.54, 1.807) is 0 Å². The normalized spacial score (nSPS) is 25.8. The van der Waals surface area contributed by atoms with Crippen molar-refractivity contribution in [3.05, 3.63) is 0 Å². The summed E-state index contributed by atoms with van der Waals surface area (Å²) in [4.78, 5) is 2.38. The van der Waals surface area contributed by atoms with Crippen molar-refractivity contribution in [1.82, 2.24) is 10.2 Å². The maximum absolute atomic E-state index is 5.76. The molecule has 0 aromatic rings. The fraction of sp³-hybridized carbons (Fsp3) is 1.00. The van der Waals surface area contributed by atoms with Crippen LogP contribution in [-0.4, -0.2) is 49.8 Å². The standard InChI is InChI=1S/C14H30N2O/c1-5-6-14-11-13(7-10-17-14)15-8-9-16(4)12(2)3/h12-15H,5-11H2,1-4H3. The van der Waals surface area contributed by atoms with Crippen molar-refractivity contribution >= 4 is 0 Å². The summed E-state index contributed by atoms with van der Waals surface area (Å²) in [6.45, 7) is 9.88. The van der Waals surface area contributed by atoms with Crippen LogP contribution in [-0.2, 0) is 4.74 Å². The van der Waals surface area contributed by atoms with Gasteiger partial charge in [-0.3, -0.25) is 0 Å². The van der Waals surface area contributed by atoms with E-state index in [1.807, 2.05) is 0 Å². The molecule has 3 heteroatoms. The predicted molar refractivity (Wildman–Crippen MR) is 73.4 cm³/mol. The van der Waals surface area contributed by atoms with Gasteiger partial charge >= 0.3 is 0 Å². The molecule has 0 aromatic carbocycles. The Labute approximate surface area is 107 Å². The molecule has 1 aliphatic rings. The second kappa shape index (κ2) is 8.06. The van der Waals surface area contributed by atoms with Gasteiger partial charge in [0.15, 0.2) is 0 Å². The van der Waals surface area contributed by atoms with E-state index in [4.69, 9.17) is 4.74 Å². The highest BCUT2D eigenvalue weighted by molar-refractivity contribution is 4.77. The minimum Gasteiger partial charge on any atom is -0.378 e. The molecular weight excluding hydrogens is 212 g/mol. The molecule has 17 heavy (non-hydrogen) atoms. The van der Waals surface area contributed by atoms with E-state index in [1.165, 1.54) is 25.7 Å². The smallest absolute Gasteiger partial charge is 0.0589 e. The number of rotatable bonds is 7. The third kappa shape index (κ3) is 5.84. The van der Waals surface area contributed by atoms with Crippen LogP contribution in [0.5, 0.6) is 0 Å². The van der Waals surface area contributed by atoms with Crippen LogP contribution in [0, 0.1) is 0 Å². The molecule has 0 amide bonds. The maximum atomic E-state index is 5.76. The average Bonchev–Trinajstić information content (AvgIpc) is 2.29. The Morgan fingerprint density at radius 3 is 2.82 bits per heavy atom. The van der Waals surface area contributed by atoms with Crippen LogP contribution in [0.3, 0.4) is 0 Å². The summed E-state index contributed by atoms with van der Waals surface area (Å²) in [6, 6.07) is 1.31. The molecule has 0 bridgehead atoms. The lowest BCUT2D eigenvalue weighted by Crippen LogP contribution is -2.42. The topological polar surface area (TPSA) is 24.5 Å². The summed E-state index contributed by atoms with van der Waals surface area (Å²) in [5.74, 6) is 0. The molecule has 1 saturated heterocycles. The first-order valence-corrected chi connectivity index (χ1v) is 7.18. The largest absolute Gasteiger partial charge is 0.378 e. The van der Waals surface area contributed by atoms with Crippen LogP contribution >= 0.6 is 0 Å². The Hall–Kier alpha value is -0.120. The highest BCUT2D eigenvalue weighted by Gasteiger charge is 2.21. The van der Waals surface area contributed by atoms with Crippen LogP contribution in [0.15, 0.2) is 0 Å². The Morgan fingerprint density at radius 1 is 1.41 bits per heavy atom. The van der Waals surface area contributed by atoms with E-state index in [2.05, 4.69) is 38.0 Å². The second-order valence-corrected chi connectivity index (χ2v) is 5.53. The monoisotopic (exact) mass is 242 g/mol. The van der Waals surface area contributed by atoms with E-state index in [0.717, 1.165) is 19.7 Å². The van der Waals surface area contributed by atoms with Crippen LogP contribution in [0.1, 0.15) is 46.5 Å². The first-order valence-electron chi connectivity index (χ1n) is 7.18. The number of hydrogen-bond acceptors (Lipinski definition) is 3. The highest BCUT2D eigenvalue weighted by atomic mass is 16.5. The first-order chi connectivity index (χ1) is 8.13. The van der Waals surface area contributed by atoms with Crippen LogP contribution < -0.4 is 5.32 Å². The van der Waals surface area contributed by atoms with E-state index in [0.29, 0.717) is 18.2 Å². The molecule has 0 aromatic heterocycles. The Morgan fingerprint density at radius 2 is 2.18 bits per heavy atom. The van der Waals surface area contributed by atoms with E-state index in [-0.39, 0.29) is 0 Å². The second-order valence-electron chi connectivity index (χ2n) is 5.53. The van der Waals surface area contributed by atoms with Gasteiger partial charge in [-0.05, 0) is 40.2 Å². The number of ether oxygens (including phenoxy) is 1. The van der Waals surface area contributed by atoms with Crippen molar-refractivity contribution in [1.29, 1.82) is 0 Å². The van der Waals surface area contributed by atoms with Crippen molar-refractivity contribution in [2.24, 2.45) is 0 Å².